The number of likely N-dealkylation sites (N-methyl/N-ethyl adjacent to an activating group) is 1. The van der Waals surface area contributed by atoms with Crippen LogP contribution in [0.3, 0.4) is 0 Å². The Morgan fingerprint density at radius 3 is 2.56 bits per heavy atom. The van der Waals surface area contributed by atoms with Gasteiger partial charge in [-0.25, -0.2) is 0 Å². The highest BCUT2D eigenvalue weighted by Crippen LogP contribution is 2.12. The van der Waals surface area contributed by atoms with Crippen molar-refractivity contribution in [2.24, 2.45) is 0 Å². The zero-order chi connectivity index (χ0) is 19.7. The van der Waals surface area contributed by atoms with Crippen LogP contribution in [-0.2, 0) is 16.0 Å². The molecule has 1 atom stereocenters. The summed E-state index contributed by atoms with van der Waals surface area (Å²) >= 11 is 0. The van der Waals surface area contributed by atoms with E-state index in [0.29, 0.717) is 12.5 Å². The van der Waals surface area contributed by atoms with Gasteiger partial charge in [0.2, 0.25) is 5.91 Å². The van der Waals surface area contributed by atoms with E-state index in [1.807, 2.05) is 30.1 Å². The predicted octanol–water partition coefficient (Wildman–Crippen LogP) is 5.79. The molecule has 0 radical (unpaired) electrons. The number of allylic oxidation sites excluding steroid dienone is 1. The summed E-state index contributed by atoms with van der Waals surface area (Å²) in [5.74, 6) is 0.217. The molecule has 0 N–H and O–H groups in total. The maximum Gasteiger partial charge on any atom is 0.222 e. The summed E-state index contributed by atoms with van der Waals surface area (Å²) < 4.78 is 5.57. The zero-order valence-electron chi connectivity index (χ0n) is 17.7. The fraction of sp³-hybridized carbons (Fsp3) is 0.625. The van der Waals surface area contributed by atoms with Crippen molar-refractivity contribution in [3.8, 4) is 0 Å². The van der Waals surface area contributed by atoms with E-state index in [9.17, 15) is 4.79 Å². The summed E-state index contributed by atoms with van der Waals surface area (Å²) in [6, 6.07) is 10.3. The Hall–Kier alpha value is -1.61. The number of hydrogen-bond acceptors (Lipinski definition) is 2. The van der Waals surface area contributed by atoms with Crippen molar-refractivity contribution >= 4 is 5.91 Å². The maximum absolute atomic E-state index is 12.2. The van der Waals surface area contributed by atoms with Gasteiger partial charge in [0.1, 0.15) is 0 Å². The van der Waals surface area contributed by atoms with Crippen molar-refractivity contribution in [3.63, 3.8) is 0 Å². The van der Waals surface area contributed by atoms with Crippen LogP contribution in [0, 0.1) is 0 Å². The molecule has 0 saturated heterocycles. The average Bonchev–Trinajstić information content (AvgIpc) is 2.70. The van der Waals surface area contributed by atoms with Gasteiger partial charge in [-0.05, 0) is 31.2 Å². The van der Waals surface area contributed by atoms with Crippen LogP contribution in [-0.4, -0.2) is 37.6 Å². The fourth-order valence-corrected chi connectivity index (χ4v) is 3.14. The van der Waals surface area contributed by atoms with Crippen LogP contribution in [0.15, 0.2) is 42.5 Å². The summed E-state index contributed by atoms with van der Waals surface area (Å²) in [5.41, 5.74) is 1.28. The highest BCUT2D eigenvalue weighted by molar-refractivity contribution is 5.76. The third-order valence-corrected chi connectivity index (χ3v) is 5.06. The molecule has 0 aliphatic rings. The summed E-state index contributed by atoms with van der Waals surface area (Å²) in [6.45, 7) is 3.02. The van der Waals surface area contributed by atoms with Gasteiger partial charge in [-0.15, -0.1) is 0 Å². The minimum absolute atomic E-state index is 0.217. The molecule has 1 aromatic rings. The van der Waals surface area contributed by atoms with Crippen molar-refractivity contribution in [1.29, 1.82) is 0 Å². The van der Waals surface area contributed by atoms with Crippen LogP contribution >= 0.6 is 0 Å². The molecule has 0 aromatic heterocycles. The SMILES string of the molecule is CCCCCCC[C@@H](C/C=C/CCC(=O)N(C)CCc1ccccc1)OC. The topological polar surface area (TPSA) is 29.5 Å². The first-order chi connectivity index (χ1) is 13.2. The number of amides is 1. The number of rotatable bonds is 15. The third-order valence-electron chi connectivity index (χ3n) is 5.06. The molecule has 1 amide bonds. The van der Waals surface area contributed by atoms with E-state index >= 15 is 0 Å². The van der Waals surface area contributed by atoms with Crippen LogP contribution in [0.5, 0.6) is 0 Å². The Morgan fingerprint density at radius 2 is 1.85 bits per heavy atom. The lowest BCUT2D eigenvalue weighted by molar-refractivity contribution is -0.129. The van der Waals surface area contributed by atoms with Crippen LogP contribution in [0.25, 0.3) is 0 Å². The summed E-state index contributed by atoms with van der Waals surface area (Å²) in [5, 5.41) is 0. The molecule has 3 nitrogen and oxygen atoms in total. The number of carbonyl (C=O) groups excluding carboxylic acids is 1. The van der Waals surface area contributed by atoms with Crippen molar-refractivity contribution < 1.29 is 9.53 Å². The molecule has 0 bridgehead atoms. The van der Waals surface area contributed by atoms with Crippen molar-refractivity contribution in [3.05, 3.63) is 48.0 Å². The van der Waals surface area contributed by atoms with Crippen LogP contribution < -0.4 is 0 Å². The molecule has 0 saturated carbocycles. The molecule has 0 aliphatic heterocycles. The molecule has 0 fully saturated rings. The number of benzene rings is 1. The van der Waals surface area contributed by atoms with Gasteiger partial charge >= 0.3 is 0 Å². The summed E-state index contributed by atoms with van der Waals surface area (Å²) in [7, 11) is 3.70. The van der Waals surface area contributed by atoms with Gasteiger partial charge in [-0.2, -0.15) is 0 Å². The quantitative estimate of drug-likeness (QED) is 0.288. The van der Waals surface area contributed by atoms with Gasteiger partial charge in [-0.1, -0.05) is 81.5 Å². The first-order valence-corrected chi connectivity index (χ1v) is 10.6. The molecule has 0 heterocycles. The minimum Gasteiger partial charge on any atom is -0.381 e. The predicted molar refractivity (Wildman–Crippen MR) is 115 cm³/mol. The van der Waals surface area contributed by atoms with Gasteiger partial charge in [-0.3, -0.25) is 4.79 Å². The highest BCUT2D eigenvalue weighted by atomic mass is 16.5. The Labute approximate surface area is 166 Å². The lowest BCUT2D eigenvalue weighted by Gasteiger charge is -2.16. The third kappa shape index (κ3) is 11.7. The van der Waals surface area contributed by atoms with E-state index in [2.05, 4.69) is 31.2 Å². The largest absolute Gasteiger partial charge is 0.381 e. The normalized spacial score (nSPS) is 12.4. The van der Waals surface area contributed by atoms with Crippen molar-refractivity contribution in [1.82, 2.24) is 4.90 Å². The number of ether oxygens (including phenoxy) is 1. The van der Waals surface area contributed by atoms with Gasteiger partial charge in [0, 0.05) is 27.1 Å². The van der Waals surface area contributed by atoms with Crippen LogP contribution in [0.1, 0.15) is 70.3 Å². The van der Waals surface area contributed by atoms with Gasteiger partial charge < -0.3 is 9.64 Å². The molecular weight excluding hydrogens is 334 g/mol. The molecule has 152 valence electrons. The Balaban J connectivity index is 2.13. The van der Waals surface area contributed by atoms with E-state index in [-0.39, 0.29) is 5.91 Å². The molecule has 1 rings (SSSR count). The monoisotopic (exact) mass is 373 g/mol. The molecule has 0 spiro atoms. The second-order valence-electron chi connectivity index (χ2n) is 7.36. The van der Waals surface area contributed by atoms with E-state index in [1.54, 1.807) is 7.11 Å². The summed E-state index contributed by atoms with van der Waals surface area (Å²) in [4.78, 5) is 14.1. The highest BCUT2D eigenvalue weighted by Gasteiger charge is 2.08. The Morgan fingerprint density at radius 1 is 1.11 bits per heavy atom. The standard InChI is InChI=1S/C24H39NO2/c1-4-5-6-7-12-17-23(27-3)18-13-9-14-19-24(26)25(2)21-20-22-15-10-8-11-16-22/h8-11,13,15-16,23H,4-7,12,14,17-21H2,1-3H3/b13-9+/t23-/m0/s1. The number of unbranched alkanes of at least 4 members (excludes halogenated alkanes) is 4. The second-order valence-corrected chi connectivity index (χ2v) is 7.36. The molecule has 3 heteroatoms. The van der Waals surface area contributed by atoms with Crippen molar-refractivity contribution in [2.45, 2.75) is 77.2 Å². The van der Waals surface area contributed by atoms with Crippen LogP contribution in [0.4, 0.5) is 0 Å². The number of hydrogen-bond donors (Lipinski definition) is 0. The van der Waals surface area contributed by atoms with Crippen LogP contribution in [0.2, 0.25) is 0 Å². The molecule has 27 heavy (non-hydrogen) atoms. The zero-order valence-corrected chi connectivity index (χ0v) is 17.7. The van der Waals surface area contributed by atoms with E-state index in [4.69, 9.17) is 4.74 Å². The second kappa shape index (κ2) is 15.4. The minimum atomic E-state index is 0.217. The van der Waals surface area contributed by atoms with E-state index in [1.165, 1.54) is 37.7 Å². The summed E-state index contributed by atoms with van der Waals surface area (Å²) in [6.07, 6.45) is 15.5. The maximum atomic E-state index is 12.2. The molecule has 1 aromatic carbocycles. The fourth-order valence-electron chi connectivity index (χ4n) is 3.14. The average molecular weight is 374 g/mol. The lowest BCUT2D eigenvalue weighted by atomic mass is 10.1. The lowest BCUT2D eigenvalue weighted by Crippen LogP contribution is -2.28. The Kier molecular flexibility index (Phi) is 13.4. The molecule has 0 aliphatic carbocycles. The molecule has 0 unspecified atom stereocenters. The molecular formula is C24H39NO2. The van der Waals surface area contributed by atoms with Gasteiger partial charge in [0.15, 0.2) is 0 Å². The smallest absolute Gasteiger partial charge is 0.222 e. The van der Waals surface area contributed by atoms with Gasteiger partial charge in [0.25, 0.3) is 0 Å². The van der Waals surface area contributed by atoms with E-state index in [0.717, 1.165) is 32.2 Å². The van der Waals surface area contributed by atoms with E-state index < -0.39 is 0 Å². The first-order valence-electron chi connectivity index (χ1n) is 10.6. The first kappa shape index (κ1) is 23.4. The number of carbonyl (C=O) groups is 1. The Bertz CT molecular complexity index is 512. The number of methoxy groups -OCH3 is 1. The van der Waals surface area contributed by atoms with Gasteiger partial charge in [0.05, 0.1) is 6.10 Å². The number of nitrogens with zero attached hydrogens (tertiary/aromatic N) is 1. The van der Waals surface area contributed by atoms with Crippen molar-refractivity contribution in [2.75, 3.05) is 20.7 Å².